The Hall–Kier alpha value is -2.91. The van der Waals surface area contributed by atoms with Crippen molar-refractivity contribution < 1.29 is 14.5 Å². The molecule has 0 atom stereocenters. The maximum atomic E-state index is 11.8. The third-order valence-corrected chi connectivity index (χ3v) is 3.78. The molecule has 0 heterocycles. The van der Waals surface area contributed by atoms with Crippen LogP contribution in [0.5, 0.6) is 5.75 Å². The fourth-order valence-corrected chi connectivity index (χ4v) is 2.22. The molecule has 0 aliphatic carbocycles. The van der Waals surface area contributed by atoms with Gasteiger partial charge in [0.1, 0.15) is 0 Å². The minimum atomic E-state index is -0.586. The molecular weight excluding hydrogens is 380 g/mol. The van der Waals surface area contributed by atoms with Crippen LogP contribution in [0.1, 0.15) is 5.56 Å². The highest BCUT2D eigenvalue weighted by atomic mass is 35.5. The first kappa shape index (κ1) is 19.4. The molecule has 1 amide bonds. The SMILES string of the molecule is Cc1ccc(NC(=S)NNC(=O)COc2ccccc2[N+](=O)[O-])cc1Cl. The first-order valence-corrected chi connectivity index (χ1v) is 8.13. The summed E-state index contributed by atoms with van der Waals surface area (Å²) in [5.41, 5.74) is 6.19. The second-order valence-corrected chi connectivity index (χ2v) is 5.92. The lowest BCUT2D eigenvalue weighted by Crippen LogP contribution is -2.45. The van der Waals surface area contributed by atoms with E-state index in [-0.39, 0.29) is 16.5 Å². The van der Waals surface area contributed by atoms with E-state index >= 15 is 0 Å². The monoisotopic (exact) mass is 394 g/mol. The Kier molecular flexibility index (Phi) is 6.70. The van der Waals surface area contributed by atoms with E-state index in [0.717, 1.165) is 5.56 Å². The number of nitrogens with one attached hydrogen (secondary N) is 3. The van der Waals surface area contributed by atoms with Crippen LogP contribution in [-0.2, 0) is 4.79 Å². The number of amides is 1. The summed E-state index contributed by atoms with van der Waals surface area (Å²) in [6.45, 7) is 1.46. The summed E-state index contributed by atoms with van der Waals surface area (Å²) in [6, 6.07) is 11.1. The number of anilines is 1. The summed E-state index contributed by atoms with van der Waals surface area (Å²) in [5, 5.41) is 14.5. The highest BCUT2D eigenvalue weighted by Gasteiger charge is 2.14. The van der Waals surface area contributed by atoms with Crippen LogP contribution < -0.4 is 20.9 Å². The number of rotatable bonds is 5. The molecule has 0 radical (unpaired) electrons. The topological polar surface area (TPSA) is 106 Å². The molecule has 0 bridgehead atoms. The van der Waals surface area contributed by atoms with Crippen molar-refractivity contribution in [1.82, 2.24) is 10.9 Å². The van der Waals surface area contributed by atoms with E-state index in [9.17, 15) is 14.9 Å². The van der Waals surface area contributed by atoms with Gasteiger partial charge in [0.05, 0.1) is 4.92 Å². The Morgan fingerprint density at radius 3 is 2.69 bits per heavy atom. The van der Waals surface area contributed by atoms with Gasteiger partial charge in [0.2, 0.25) is 0 Å². The average Bonchev–Trinajstić information content (AvgIpc) is 2.61. The first-order chi connectivity index (χ1) is 12.4. The highest BCUT2D eigenvalue weighted by molar-refractivity contribution is 7.80. The zero-order chi connectivity index (χ0) is 19.1. The van der Waals surface area contributed by atoms with Crippen molar-refractivity contribution in [2.75, 3.05) is 11.9 Å². The van der Waals surface area contributed by atoms with E-state index in [4.69, 9.17) is 28.6 Å². The van der Waals surface area contributed by atoms with Crippen molar-refractivity contribution in [2.24, 2.45) is 0 Å². The van der Waals surface area contributed by atoms with Crippen LogP contribution in [0.4, 0.5) is 11.4 Å². The number of nitro benzene ring substituents is 1. The van der Waals surface area contributed by atoms with Gasteiger partial charge in [-0.05, 0) is 42.9 Å². The van der Waals surface area contributed by atoms with Gasteiger partial charge >= 0.3 is 5.69 Å². The summed E-state index contributed by atoms with van der Waals surface area (Å²) in [6.07, 6.45) is 0. The third-order valence-electron chi connectivity index (χ3n) is 3.17. The van der Waals surface area contributed by atoms with Gasteiger partial charge in [-0.25, -0.2) is 0 Å². The molecule has 0 fully saturated rings. The van der Waals surface area contributed by atoms with Crippen molar-refractivity contribution in [3.63, 3.8) is 0 Å². The fourth-order valence-electron chi connectivity index (χ4n) is 1.87. The maximum Gasteiger partial charge on any atom is 0.310 e. The number of carbonyl (C=O) groups excluding carboxylic acids is 1. The number of halogens is 1. The quantitative estimate of drug-likeness (QED) is 0.406. The highest BCUT2D eigenvalue weighted by Crippen LogP contribution is 2.25. The zero-order valence-electron chi connectivity index (χ0n) is 13.6. The Labute approximate surface area is 159 Å². The van der Waals surface area contributed by atoms with Crippen LogP contribution in [0.25, 0.3) is 0 Å². The summed E-state index contributed by atoms with van der Waals surface area (Å²) in [5.74, 6) is -0.558. The summed E-state index contributed by atoms with van der Waals surface area (Å²) in [4.78, 5) is 22.1. The molecule has 3 N–H and O–H groups in total. The van der Waals surface area contributed by atoms with Crippen molar-refractivity contribution in [3.8, 4) is 5.75 Å². The Morgan fingerprint density at radius 2 is 2.00 bits per heavy atom. The van der Waals surface area contributed by atoms with Gasteiger partial charge < -0.3 is 10.1 Å². The van der Waals surface area contributed by atoms with Crippen LogP contribution in [0.15, 0.2) is 42.5 Å². The Bertz CT molecular complexity index is 847. The van der Waals surface area contributed by atoms with Crippen molar-refractivity contribution >= 4 is 46.2 Å². The molecule has 136 valence electrons. The number of thiocarbonyl (C=S) groups is 1. The molecule has 0 saturated heterocycles. The molecular formula is C16H15ClN4O4S. The Balaban J connectivity index is 1.80. The molecule has 26 heavy (non-hydrogen) atoms. The predicted molar refractivity (Wildman–Crippen MR) is 102 cm³/mol. The third kappa shape index (κ3) is 5.57. The number of para-hydroxylation sites is 2. The molecule has 8 nitrogen and oxygen atoms in total. The lowest BCUT2D eigenvalue weighted by Gasteiger charge is -2.12. The maximum absolute atomic E-state index is 11.8. The number of hydrogen-bond acceptors (Lipinski definition) is 5. The lowest BCUT2D eigenvalue weighted by molar-refractivity contribution is -0.385. The Morgan fingerprint density at radius 1 is 1.27 bits per heavy atom. The van der Waals surface area contributed by atoms with E-state index in [1.54, 1.807) is 18.2 Å². The standard InChI is InChI=1S/C16H15ClN4O4S/c1-10-6-7-11(8-12(10)17)18-16(26)20-19-15(22)9-25-14-5-3-2-4-13(14)21(23)24/h2-8H,9H2,1H3,(H,19,22)(H2,18,20,26). The number of hydrogen-bond donors (Lipinski definition) is 3. The van der Waals surface area contributed by atoms with Gasteiger partial charge in [0.15, 0.2) is 17.5 Å². The number of benzene rings is 2. The largest absolute Gasteiger partial charge is 0.477 e. The number of hydrazine groups is 1. The van der Waals surface area contributed by atoms with Crippen LogP contribution in [0, 0.1) is 17.0 Å². The normalized spacial score (nSPS) is 9.92. The van der Waals surface area contributed by atoms with Gasteiger partial charge in [-0.2, -0.15) is 0 Å². The summed E-state index contributed by atoms with van der Waals surface area (Å²) in [7, 11) is 0. The van der Waals surface area contributed by atoms with Crippen molar-refractivity contribution in [2.45, 2.75) is 6.92 Å². The van der Waals surface area contributed by atoms with E-state index in [1.807, 2.05) is 13.0 Å². The molecule has 0 aliphatic rings. The van der Waals surface area contributed by atoms with Crippen LogP contribution in [0.3, 0.4) is 0 Å². The first-order valence-electron chi connectivity index (χ1n) is 7.35. The van der Waals surface area contributed by atoms with Gasteiger partial charge in [0.25, 0.3) is 5.91 Å². The van der Waals surface area contributed by atoms with Gasteiger partial charge in [-0.15, -0.1) is 0 Å². The predicted octanol–water partition coefficient (Wildman–Crippen LogP) is 2.95. The van der Waals surface area contributed by atoms with E-state index in [2.05, 4.69) is 16.2 Å². The molecule has 0 saturated carbocycles. The smallest absolute Gasteiger partial charge is 0.310 e. The van der Waals surface area contributed by atoms with Gasteiger partial charge in [-0.3, -0.25) is 25.8 Å². The zero-order valence-corrected chi connectivity index (χ0v) is 15.2. The average molecular weight is 395 g/mol. The molecule has 0 unspecified atom stereocenters. The molecule has 2 rings (SSSR count). The van der Waals surface area contributed by atoms with Crippen LogP contribution in [0.2, 0.25) is 5.02 Å². The van der Waals surface area contributed by atoms with Crippen molar-refractivity contribution in [3.05, 3.63) is 63.2 Å². The number of carbonyl (C=O) groups is 1. The van der Waals surface area contributed by atoms with E-state index in [1.165, 1.54) is 18.2 Å². The molecule has 0 aliphatic heterocycles. The number of aryl methyl sites for hydroxylation is 1. The van der Waals surface area contributed by atoms with Gasteiger partial charge in [0, 0.05) is 16.8 Å². The minimum absolute atomic E-state index is 0.00245. The molecule has 2 aromatic carbocycles. The summed E-state index contributed by atoms with van der Waals surface area (Å²) < 4.78 is 5.16. The van der Waals surface area contributed by atoms with Crippen LogP contribution in [-0.4, -0.2) is 22.5 Å². The van der Waals surface area contributed by atoms with Crippen LogP contribution >= 0.6 is 23.8 Å². The summed E-state index contributed by atoms with van der Waals surface area (Å²) >= 11 is 11.1. The molecule has 0 aromatic heterocycles. The minimum Gasteiger partial charge on any atom is -0.477 e. The van der Waals surface area contributed by atoms with Gasteiger partial charge in [-0.1, -0.05) is 29.8 Å². The molecule has 10 heteroatoms. The number of ether oxygens (including phenoxy) is 1. The second kappa shape index (κ2) is 8.97. The second-order valence-electron chi connectivity index (χ2n) is 5.10. The van der Waals surface area contributed by atoms with Crippen molar-refractivity contribution in [1.29, 1.82) is 0 Å². The molecule has 2 aromatic rings. The molecule has 0 spiro atoms. The number of nitrogens with zero attached hydrogens (tertiary/aromatic N) is 1. The lowest BCUT2D eigenvalue weighted by atomic mass is 10.2. The van der Waals surface area contributed by atoms with E-state index in [0.29, 0.717) is 10.7 Å². The number of nitro groups is 1. The fraction of sp³-hybridized carbons (Fsp3) is 0.125. The van der Waals surface area contributed by atoms with E-state index < -0.39 is 17.4 Å².